The summed E-state index contributed by atoms with van der Waals surface area (Å²) in [6.45, 7) is -0.925. The molecule has 0 spiro atoms. The quantitative estimate of drug-likeness (QED) is 0.337. The number of benzene rings is 1. The van der Waals surface area contributed by atoms with Crippen LogP contribution in [0.1, 0.15) is 6.42 Å². The highest BCUT2D eigenvalue weighted by molar-refractivity contribution is 7.86. The lowest BCUT2D eigenvalue weighted by molar-refractivity contribution is -0.384. The topological polar surface area (TPSA) is 86.5 Å². The van der Waals surface area contributed by atoms with Gasteiger partial charge in [-0.05, 0) is 12.1 Å². The van der Waals surface area contributed by atoms with Crippen LogP contribution >= 0.6 is 0 Å². The van der Waals surface area contributed by atoms with Crippen molar-refractivity contribution in [3.8, 4) is 0 Å². The van der Waals surface area contributed by atoms with E-state index in [0.717, 1.165) is 24.3 Å². The van der Waals surface area contributed by atoms with Crippen LogP contribution in [-0.2, 0) is 14.3 Å². The minimum atomic E-state index is -3.96. The van der Waals surface area contributed by atoms with E-state index in [1.807, 2.05) is 0 Å². The molecule has 0 radical (unpaired) electrons. The Morgan fingerprint density at radius 1 is 1.29 bits per heavy atom. The lowest BCUT2D eigenvalue weighted by Gasteiger charge is -2.03. The number of nitrogens with zero attached hydrogens (tertiary/aromatic N) is 1. The van der Waals surface area contributed by atoms with E-state index in [1.54, 1.807) is 0 Å². The molecule has 6 nitrogen and oxygen atoms in total. The number of nitro benzene ring substituents is 1. The molecule has 0 bridgehead atoms. The molecule has 0 aliphatic carbocycles. The van der Waals surface area contributed by atoms with Crippen LogP contribution in [0.5, 0.6) is 0 Å². The molecule has 0 fully saturated rings. The van der Waals surface area contributed by atoms with E-state index in [4.69, 9.17) is 0 Å². The average Bonchev–Trinajstić information content (AvgIpc) is 2.29. The lowest BCUT2D eigenvalue weighted by Crippen LogP contribution is -2.08. The van der Waals surface area contributed by atoms with Crippen molar-refractivity contribution >= 4 is 15.8 Å². The molecule has 0 saturated carbocycles. The maximum atomic E-state index is 11.8. The molecule has 17 heavy (non-hydrogen) atoms. The van der Waals surface area contributed by atoms with Crippen molar-refractivity contribution in [2.24, 2.45) is 0 Å². The fourth-order valence-corrected chi connectivity index (χ4v) is 1.97. The third-order valence-electron chi connectivity index (χ3n) is 1.85. The molecule has 0 amide bonds. The zero-order chi connectivity index (χ0) is 12.9. The summed E-state index contributed by atoms with van der Waals surface area (Å²) in [5.74, 6) is 0. The van der Waals surface area contributed by atoms with Gasteiger partial charge in [-0.25, -0.2) is 0 Å². The van der Waals surface area contributed by atoms with Gasteiger partial charge in [0.25, 0.3) is 15.8 Å². The van der Waals surface area contributed by atoms with Crippen molar-refractivity contribution in [1.29, 1.82) is 0 Å². The van der Waals surface area contributed by atoms with Crippen LogP contribution in [0.3, 0.4) is 0 Å². The molecule has 0 aliphatic heterocycles. The zero-order valence-corrected chi connectivity index (χ0v) is 9.52. The molecule has 1 aromatic carbocycles. The van der Waals surface area contributed by atoms with Crippen molar-refractivity contribution in [3.05, 3.63) is 34.4 Å². The third-order valence-corrected chi connectivity index (χ3v) is 3.18. The van der Waals surface area contributed by atoms with Crippen molar-refractivity contribution in [2.45, 2.75) is 11.3 Å². The second-order valence-electron chi connectivity index (χ2n) is 3.07. The number of nitro groups is 1. The minimum absolute atomic E-state index is 0.0216. The van der Waals surface area contributed by atoms with Crippen LogP contribution < -0.4 is 0 Å². The van der Waals surface area contributed by atoms with Gasteiger partial charge in [-0.1, -0.05) is 0 Å². The lowest BCUT2D eigenvalue weighted by atomic mass is 10.3. The Morgan fingerprint density at radius 3 is 2.35 bits per heavy atom. The summed E-state index contributed by atoms with van der Waals surface area (Å²) in [6.07, 6.45) is -0.0216. The van der Waals surface area contributed by atoms with E-state index in [-0.39, 0.29) is 23.6 Å². The number of halogens is 1. The van der Waals surface area contributed by atoms with Gasteiger partial charge < -0.3 is 0 Å². The zero-order valence-electron chi connectivity index (χ0n) is 8.71. The molecule has 0 aliphatic rings. The Bertz CT molecular complexity index is 485. The van der Waals surface area contributed by atoms with Gasteiger partial charge in [-0.15, -0.1) is 0 Å². The molecule has 94 valence electrons. The van der Waals surface area contributed by atoms with Gasteiger partial charge in [-0.2, -0.15) is 8.42 Å². The molecule has 0 unspecified atom stereocenters. The van der Waals surface area contributed by atoms with Crippen LogP contribution in [0.15, 0.2) is 29.2 Å². The predicted octanol–water partition coefficient (Wildman–Crippen LogP) is 1.66. The van der Waals surface area contributed by atoms with E-state index in [0.29, 0.717) is 0 Å². The second kappa shape index (κ2) is 5.69. The molecule has 1 aromatic rings. The number of hydrogen-bond acceptors (Lipinski definition) is 5. The Balaban J connectivity index is 2.81. The molecular weight excluding hydrogens is 253 g/mol. The third kappa shape index (κ3) is 3.75. The van der Waals surface area contributed by atoms with Gasteiger partial charge >= 0.3 is 0 Å². The molecule has 0 atom stereocenters. The van der Waals surface area contributed by atoms with Gasteiger partial charge in [0, 0.05) is 18.6 Å². The van der Waals surface area contributed by atoms with Crippen LogP contribution in [0.4, 0.5) is 10.1 Å². The van der Waals surface area contributed by atoms with Crippen molar-refractivity contribution in [1.82, 2.24) is 0 Å². The van der Waals surface area contributed by atoms with Gasteiger partial charge in [0.1, 0.15) is 0 Å². The van der Waals surface area contributed by atoms with E-state index in [9.17, 15) is 22.9 Å². The number of hydrogen-bond donors (Lipinski definition) is 0. The number of alkyl halides is 1. The van der Waals surface area contributed by atoms with Crippen LogP contribution in [0.2, 0.25) is 0 Å². The van der Waals surface area contributed by atoms with Crippen molar-refractivity contribution in [3.63, 3.8) is 0 Å². The van der Waals surface area contributed by atoms with Gasteiger partial charge in [-0.3, -0.25) is 18.7 Å². The molecule has 1 rings (SSSR count). The first kappa shape index (κ1) is 13.5. The van der Waals surface area contributed by atoms with Gasteiger partial charge in [0.15, 0.2) is 0 Å². The van der Waals surface area contributed by atoms with Crippen molar-refractivity contribution < 1.29 is 21.9 Å². The predicted molar refractivity (Wildman–Crippen MR) is 56.8 cm³/mol. The standard InChI is InChI=1S/C9H10FNO5S/c10-6-1-7-16-17(14,15)9-4-2-8(3-5-9)11(12)13/h2-5H,1,6-7H2. The highest BCUT2D eigenvalue weighted by atomic mass is 32.2. The first-order valence-corrected chi connectivity index (χ1v) is 6.08. The summed E-state index contributed by atoms with van der Waals surface area (Å²) in [5.41, 5.74) is -0.215. The molecule has 8 heteroatoms. The fourth-order valence-electron chi connectivity index (χ4n) is 1.03. The fraction of sp³-hybridized carbons (Fsp3) is 0.333. The first-order chi connectivity index (χ1) is 7.97. The minimum Gasteiger partial charge on any atom is -0.266 e. The van der Waals surface area contributed by atoms with Crippen LogP contribution in [0, 0.1) is 10.1 Å². The normalized spacial score (nSPS) is 11.4. The van der Waals surface area contributed by atoms with Crippen LogP contribution in [-0.4, -0.2) is 26.6 Å². The Kier molecular flexibility index (Phi) is 4.53. The van der Waals surface area contributed by atoms with Gasteiger partial charge in [0.05, 0.1) is 23.1 Å². The molecule has 0 N–H and O–H groups in total. The van der Waals surface area contributed by atoms with E-state index in [2.05, 4.69) is 4.18 Å². The SMILES string of the molecule is O=[N+]([O-])c1ccc(S(=O)(=O)OCCCF)cc1. The Morgan fingerprint density at radius 2 is 1.88 bits per heavy atom. The first-order valence-electron chi connectivity index (χ1n) is 4.67. The molecule has 0 aromatic heterocycles. The molecule has 0 saturated heterocycles. The van der Waals surface area contributed by atoms with E-state index in [1.165, 1.54) is 0 Å². The summed E-state index contributed by atoms with van der Waals surface area (Å²) >= 11 is 0. The second-order valence-corrected chi connectivity index (χ2v) is 4.69. The largest absolute Gasteiger partial charge is 0.296 e. The summed E-state index contributed by atoms with van der Waals surface area (Å²) in [4.78, 5) is 9.52. The van der Waals surface area contributed by atoms with Crippen LogP contribution in [0.25, 0.3) is 0 Å². The smallest absolute Gasteiger partial charge is 0.266 e. The number of rotatable bonds is 6. The molecule has 0 heterocycles. The number of non-ortho nitro benzene ring substituents is 1. The molecular formula is C9H10FNO5S. The highest BCUT2D eigenvalue weighted by Gasteiger charge is 2.16. The monoisotopic (exact) mass is 263 g/mol. The summed E-state index contributed by atoms with van der Waals surface area (Å²) in [5, 5.41) is 10.4. The maximum absolute atomic E-state index is 11.8. The van der Waals surface area contributed by atoms with Crippen molar-refractivity contribution in [2.75, 3.05) is 13.3 Å². The highest BCUT2D eigenvalue weighted by Crippen LogP contribution is 2.17. The van der Waals surface area contributed by atoms with E-state index >= 15 is 0 Å². The summed E-state index contributed by atoms with van der Waals surface area (Å²) in [6, 6.07) is 4.27. The van der Waals surface area contributed by atoms with Gasteiger partial charge in [0.2, 0.25) is 0 Å². The Labute approximate surface area is 97.3 Å². The Hall–Kier alpha value is -1.54. The maximum Gasteiger partial charge on any atom is 0.296 e. The average molecular weight is 263 g/mol. The summed E-state index contributed by atoms with van der Waals surface area (Å²) in [7, 11) is -3.96. The van der Waals surface area contributed by atoms with E-state index < -0.39 is 21.7 Å². The summed E-state index contributed by atoms with van der Waals surface area (Å²) < 4.78 is 39.2.